The normalized spacial score (nSPS) is 9.69. The number of nitrogens with zero attached hydrogens (tertiary/aromatic N) is 2. The topological polar surface area (TPSA) is 42.2 Å². The van der Waals surface area contributed by atoms with Crippen LogP contribution in [-0.4, -0.2) is 18.6 Å². The van der Waals surface area contributed by atoms with E-state index < -0.39 is 0 Å². The van der Waals surface area contributed by atoms with Crippen molar-refractivity contribution in [2.45, 2.75) is 6.92 Å². The maximum Gasteiger partial charge on any atom is 0.131 e. The number of likely N-dealkylation sites (N-methyl/N-ethyl adjacent to an activating group) is 1. The van der Waals surface area contributed by atoms with Gasteiger partial charge >= 0.3 is 0 Å². The number of aromatic nitrogens is 1. The van der Waals surface area contributed by atoms with E-state index >= 15 is 0 Å². The molecule has 0 aliphatic carbocycles. The fourth-order valence-electron chi connectivity index (χ4n) is 1.27. The minimum absolute atomic E-state index is 0.702. The van der Waals surface area contributed by atoms with Crippen LogP contribution in [0.15, 0.2) is 24.9 Å². The first-order valence-electron chi connectivity index (χ1n) is 4.19. The highest BCUT2D eigenvalue weighted by Gasteiger charge is 2.03. The number of hydrogen-bond donors (Lipinski definition) is 1. The largest absolute Gasteiger partial charge is 0.397 e. The average molecular weight is 177 g/mol. The quantitative estimate of drug-likeness (QED) is 0.713. The van der Waals surface area contributed by atoms with E-state index in [4.69, 9.17) is 5.73 Å². The molecule has 0 aromatic carbocycles. The third-order valence-corrected chi connectivity index (χ3v) is 1.84. The molecular formula is C10H15N3. The lowest BCUT2D eigenvalue weighted by molar-refractivity contribution is 0.980. The summed E-state index contributed by atoms with van der Waals surface area (Å²) in [4.78, 5) is 6.28. The summed E-state index contributed by atoms with van der Waals surface area (Å²) in [6.07, 6.45) is 3.51. The van der Waals surface area contributed by atoms with Crippen molar-refractivity contribution >= 4 is 11.5 Å². The highest BCUT2D eigenvalue weighted by Crippen LogP contribution is 2.16. The van der Waals surface area contributed by atoms with Crippen LogP contribution in [0, 0.1) is 6.92 Å². The summed E-state index contributed by atoms with van der Waals surface area (Å²) in [5, 5.41) is 0. The number of hydrogen-bond acceptors (Lipinski definition) is 3. The minimum atomic E-state index is 0.702. The fraction of sp³-hybridized carbons (Fsp3) is 0.300. The molecule has 0 aliphatic rings. The van der Waals surface area contributed by atoms with E-state index in [1.54, 1.807) is 6.20 Å². The number of pyridine rings is 1. The third-order valence-electron chi connectivity index (χ3n) is 1.84. The van der Waals surface area contributed by atoms with E-state index in [-0.39, 0.29) is 0 Å². The summed E-state index contributed by atoms with van der Waals surface area (Å²) in [5.41, 5.74) is 7.39. The molecule has 0 aliphatic heterocycles. The number of rotatable bonds is 3. The van der Waals surface area contributed by atoms with Crippen molar-refractivity contribution in [3.63, 3.8) is 0 Å². The van der Waals surface area contributed by atoms with Gasteiger partial charge in [-0.2, -0.15) is 0 Å². The minimum Gasteiger partial charge on any atom is -0.397 e. The Morgan fingerprint density at radius 1 is 1.69 bits per heavy atom. The fourth-order valence-corrected chi connectivity index (χ4v) is 1.27. The van der Waals surface area contributed by atoms with Crippen molar-refractivity contribution in [1.29, 1.82) is 0 Å². The molecule has 0 unspecified atom stereocenters. The Hall–Kier alpha value is -1.51. The summed E-state index contributed by atoms with van der Waals surface area (Å²) in [5.74, 6) is 0.953. The Labute approximate surface area is 78.9 Å². The molecule has 2 N–H and O–H groups in total. The Bertz CT molecular complexity index is 307. The van der Waals surface area contributed by atoms with Crippen LogP contribution in [0.25, 0.3) is 0 Å². The first kappa shape index (κ1) is 9.58. The molecule has 0 saturated heterocycles. The second-order valence-corrected chi connectivity index (χ2v) is 3.08. The van der Waals surface area contributed by atoms with Gasteiger partial charge in [0.1, 0.15) is 5.82 Å². The van der Waals surface area contributed by atoms with E-state index in [1.165, 1.54) is 0 Å². The zero-order valence-corrected chi connectivity index (χ0v) is 8.12. The second-order valence-electron chi connectivity index (χ2n) is 3.08. The highest BCUT2D eigenvalue weighted by molar-refractivity contribution is 5.52. The van der Waals surface area contributed by atoms with Crippen LogP contribution in [-0.2, 0) is 0 Å². The van der Waals surface area contributed by atoms with Crippen molar-refractivity contribution in [3.8, 4) is 0 Å². The van der Waals surface area contributed by atoms with Crippen molar-refractivity contribution in [2.24, 2.45) is 0 Å². The molecule has 1 aromatic rings. The lowest BCUT2D eigenvalue weighted by Crippen LogP contribution is -2.19. The van der Waals surface area contributed by atoms with Gasteiger partial charge < -0.3 is 10.6 Å². The van der Waals surface area contributed by atoms with E-state index in [0.29, 0.717) is 5.69 Å². The lowest BCUT2D eigenvalue weighted by Gasteiger charge is -2.18. The lowest BCUT2D eigenvalue weighted by atomic mass is 10.2. The third kappa shape index (κ3) is 2.21. The number of nitrogen functional groups attached to an aromatic ring is 1. The molecule has 0 radical (unpaired) electrons. The van der Waals surface area contributed by atoms with Gasteiger partial charge in [0, 0.05) is 13.6 Å². The maximum absolute atomic E-state index is 5.60. The molecule has 13 heavy (non-hydrogen) atoms. The van der Waals surface area contributed by atoms with Gasteiger partial charge in [0.15, 0.2) is 0 Å². The van der Waals surface area contributed by atoms with Crippen LogP contribution in [0.3, 0.4) is 0 Å². The van der Waals surface area contributed by atoms with Gasteiger partial charge in [0.05, 0.1) is 11.9 Å². The zero-order valence-electron chi connectivity index (χ0n) is 8.12. The first-order valence-corrected chi connectivity index (χ1v) is 4.19. The Balaban J connectivity index is 2.94. The van der Waals surface area contributed by atoms with Crippen LogP contribution in [0.4, 0.5) is 11.5 Å². The van der Waals surface area contributed by atoms with Crippen LogP contribution in [0.2, 0.25) is 0 Å². The van der Waals surface area contributed by atoms with Gasteiger partial charge in [-0.1, -0.05) is 6.08 Å². The summed E-state index contributed by atoms with van der Waals surface area (Å²) in [6.45, 7) is 6.47. The zero-order chi connectivity index (χ0) is 9.84. The molecule has 0 bridgehead atoms. The van der Waals surface area contributed by atoms with Gasteiger partial charge in [-0.25, -0.2) is 4.98 Å². The number of nitrogens with two attached hydrogens (primary N) is 1. The predicted octanol–water partition coefficient (Wildman–Crippen LogP) is 1.59. The molecule has 3 heteroatoms. The van der Waals surface area contributed by atoms with Crippen LogP contribution >= 0.6 is 0 Å². The van der Waals surface area contributed by atoms with Crippen molar-refractivity contribution in [1.82, 2.24) is 4.98 Å². The van der Waals surface area contributed by atoms with E-state index in [1.807, 2.05) is 31.0 Å². The van der Waals surface area contributed by atoms with Gasteiger partial charge in [-0.05, 0) is 18.6 Å². The molecule has 0 atom stereocenters. The molecule has 70 valence electrons. The first-order chi connectivity index (χ1) is 6.15. The number of anilines is 2. The standard InChI is InChI=1S/C10H15N3/c1-4-5-13(3)10-8(2)6-9(11)7-12-10/h4,6-7H,1,5,11H2,2-3H3. The van der Waals surface area contributed by atoms with Crippen molar-refractivity contribution < 1.29 is 0 Å². The van der Waals surface area contributed by atoms with E-state index in [2.05, 4.69) is 11.6 Å². The molecule has 1 rings (SSSR count). The van der Waals surface area contributed by atoms with Crippen molar-refractivity contribution in [2.75, 3.05) is 24.2 Å². The van der Waals surface area contributed by atoms with E-state index in [9.17, 15) is 0 Å². The number of aryl methyl sites for hydroxylation is 1. The molecule has 1 aromatic heterocycles. The monoisotopic (exact) mass is 177 g/mol. The average Bonchev–Trinajstić information content (AvgIpc) is 2.04. The summed E-state index contributed by atoms with van der Waals surface area (Å²) in [7, 11) is 1.98. The summed E-state index contributed by atoms with van der Waals surface area (Å²) in [6, 6.07) is 1.92. The van der Waals surface area contributed by atoms with Crippen LogP contribution in [0.1, 0.15) is 5.56 Å². The smallest absolute Gasteiger partial charge is 0.131 e. The van der Waals surface area contributed by atoms with Gasteiger partial charge in [0.2, 0.25) is 0 Å². The van der Waals surface area contributed by atoms with E-state index in [0.717, 1.165) is 17.9 Å². The summed E-state index contributed by atoms with van der Waals surface area (Å²) >= 11 is 0. The molecule has 0 fully saturated rings. The Morgan fingerprint density at radius 3 is 2.92 bits per heavy atom. The summed E-state index contributed by atoms with van der Waals surface area (Å²) < 4.78 is 0. The van der Waals surface area contributed by atoms with Gasteiger partial charge in [0.25, 0.3) is 0 Å². The molecule has 1 heterocycles. The molecule has 0 saturated carbocycles. The Kier molecular flexibility index (Phi) is 2.90. The molecule has 0 amide bonds. The molecular weight excluding hydrogens is 162 g/mol. The van der Waals surface area contributed by atoms with Crippen molar-refractivity contribution in [3.05, 3.63) is 30.5 Å². The Morgan fingerprint density at radius 2 is 2.38 bits per heavy atom. The maximum atomic E-state index is 5.60. The molecule has 3 nitrogen and oxygen atoms in total. The SMILES string of the molecule is C=CCN(C)c1ncc(N)cc1C. The van der Waals surface area contributed by atoms with Crippen LogP contribution < -0.4 is 10.6 Å². The predicted molar refractivity (Wildman–Crippen MR) is 56.9 cm³/mol. The highest BCUT2D eigenvalue weighted by atomic mass is 15.2. The second kappa shape index (κ2) is 3.94. The van der Waals surface area contributed by atoms with Gasteiger partial charge in [-0.3, -0.25) is 0 Å². The van der Waals surface area contributed by atoms with Crippen LogP contribution in [0.5, 0.6) is 0 Å². The van der Waals surface area contributed by atoms with Gasteiger partial charge in [-0.15, -0.1) is 6.58 Å². The molecule has 0 spiro atoms.